The van der Waals surface area contributed by atoms with Gasteiger partial charge in [-0.2, -0.15) is 21.6 Å². The Labute approximate surface area is 199 Å². The lowest BCUT2D eigenvalue weighted by molar-refractivity contribution is -0.138. The molecule has 0 aliphatic rings. The van der Waals surface area contributed by atoms with Crippen LogP contribution in [0.1, 0.15) is 42.0 Å². The van der Waals surface area contributed by atoms with Crippen LogP contribution in [0.25, 0.3) is 10.6 Å². The lowest BCUT2D eigenvalue weighted by Gasteiger charge is -2.23. The minimum Gasteiger partial charge on any atom is -0.481 e. The van der Waals surface area contributed by atoms with Crippen molar-refractivity contribution in [3.8, 4) is 10.6 Å². The fourth-order valence-corrected chi connectivity index (χ4v) is 5.17. The zero-order chi connectivity index (χ0) is 25.3. The number of aryl methyl sites for hydroxylation is 1. The zero-order valence-corrected chi connectivity index (χ0v) is 20.1. The molecule has 0 unspecified atom stereocenters. The molecule has 0 spiro atoms. The van der Waals surface area contributed by atoms with Crippen molar-refractivity contribution in [1.29, 1.82) is 0 Å². The number of aromatic nitrogens is 1. The molecule has 0 radical (unpaired) electrons. The number of hydrogen-bond donors (Lipinski definition) is 1. The highest BCUT2D eigenvalue weighted by Gasteiger charge is 2.30. The second-order valence-corrected chi connectivity index (χ2v) is 11.0. The summed E-state index contributed by atoms with van der Waals surface area (Å²) in [5, 5.41) is 9.50. The largest absolute Gasteiger partial charge is 0.481 e. The van der Waals surface area contributed by atoms with E-state index in [9.17, 15) is 26.4 Å². The SMILES string of the molecule is Cc1nc(-c2ccc(C(F)(F)F)cc2)sc1COS(=O)(=O)c1ccc(C(C)(C)CC(=O)O)cc1. The van der Waals surface area contributed by atoms with Crippen molar-refractivity contribution in [2.45, 2.75) is 50.3 Å². The molecule has 11 heteroatoms. The molecule has 0 bridgehead atoms. The van der Waals surface area contributed by atoms with Gasteiger partial charge in [0.2, 0.25) is 0 Å². The summed E-state index contributed by atoms with van der Waals surface area (Å²) in [5.41, 5.74) is 0.226. The van der Waals surface area contributed by atoms with E-state index in [4.69, 9.17) is 9.29 Å². The third kappa shape index (κ3) is 6.02. The normalized spacial score (nSPS) is 12.6. The van der Waals surface area contributed by atoms with Gasteiger partial charge in [0, 0.05) is 11.0 Å². The predicted octanol–water partition coefficient (Wildman–Crippen LogP) is 5.80. The Hall–Kier alpha value is -2.76. The Morgan fingerprint density at radius 1 is 1.03 bits per heavy atom. The van der Waals surface area contributed by atoms with Crippen LogP contribution in [0.2, 0.25) is 0 Å². The molecule has 3 rings (SSSR count). The van der Waals surface area contributed by atoms with Crippen LogP contribution < -0.4 is 0 Å². The summed E-state index contributed by atoms with van der Waals surface area (Å²) in [6.45, 7) is 4.89. The van der Waals surface area contributed by atoms with Crippen LogP contribution in [0.4, 0.5) is 13.2 Å². The zero-order valence-electron chi connectivity index (χ0n) is 18.5. The maximum absolute atomic E-state index is 12.8. The monoisotopic (exact) mass is 513 g/mol. The van der Waals surface area contributed by atoms with E-state index in [-0.39, 0.29) is 17.9 Å². The van der Waals surface area contributed by atoms with Crippen molar-refractivity contribution in [2.75, 3.05) is 0 Å². The van der Waals surface area contributed by atoms with Crippen molar-refractivity contribution in [1.82, 2.24) is 4.98 Å². The van der Waals surface area contributed by atoms with Crippen molar-refractivity contribution in [2.24, 2.45) is 0 Å². The van der Waals surface area contributed by atoms with Gasteiger partial charge in [0.15, 0.2) is 0 Å². The van der Waals surface area contributed by atoms with Crippen LogP contribution in [-0.2, 0) is 37.3 Å². The number of aliphatic carboxylic acids is 1. The molecule has 0 saturated carbocycles. The maximum Gasteiger partial charge on any atom is 0.416 e. The van der Waals surface area contributed by atoms with Gasteiger partial charge in [0.05, 0.1) is 27.5 Å². The first-order valence-corrected chi connectivity index (χ1v) is 12.3. The van der Waals surface area contributed by atoms with Crippen LogP contribution >= 0.6 is 11.3 Å². The Bertz CT molecular complexity index is 1280. The van der Waals surface area contributed by atoms with Gasteiger partial charge in [0.25, 0.3) is 10.1 Å². The standard InChI is InChI=1S/C23H22F3NO5S2/c1-14-19(33-21(27-14)15-4-6-17(7-5-15)23(24,25)26)13-32-34(30,31)18-10-8-16(9-11-18)22(2,3)12-20(28)29/h4-11H,12-13H2,1-3H3,(H,28,29). The highest BCUT2D eigenvalue weighted by molar-refractivity contribution is 7.86. The summed E-state index contributed by atoms with van der Waals surface area (Å²) < 4.78 is 68.7. The van der Waals surface area contributed by atoms with Crippen LogP contribution in [0.5, 0.6) is 0 Å². The summed E-state index contributed by atoms with van der Waals surface area (Å²) >= 11 is 1.14. The summed E-state index contributed by atoms with van der Waals surface area (Å²) in [5.74, 6) is -0.958. The fourth-order valence-electron chi connectivity index (χ4n) is 3.24. The van der Waals surface area contributed by atoms with Gasteiger partial charge in [0.1, 0.15) is 11.6 Å². The first-order chi connectivity index (χ1) is 15.7. The van der Waals surface area contributed by atoms with E-state index in [0.717, 1.165) is 23.5 Å². The molecule has 2 aromatic carbocycles. The molecule has 34 heavy (non-hydrogen) atoms. The summed E-state index contributed by atoms with van der Waals surface area (Å²) in [6.07, 6.45) is -4.55. The van der Waals surface area contributed by atoms with Gasteiger partial charge in [-0.15, -0.1) is 11.3 Å². The molecule has 0 fully saturated rings. The summed E-state index contributed by atoms with van der Waals surface area (Å²) in [4.78, 5) is 15.8. The van der Waals surface area contributed by atoms with Crippen molar-refractivity contribution in [3.05, 3.63) is 70.2 Å². The molecular weight excluding hydrogens is 491 g/mol. The highest BCUT2D eigenvalue weighted by atomic mass is 32.2. The number of carboxylic acids is 1. The molecule has 1 heterocycles. The van der Waals surface area contributed by atoms with Crippen LogP contribution in [0, 0.1) is 6.92 Å². The summed E-state index contributed by atoms with van der Waals surface area (Å²) in [6, 6.07) is 10.4. The van der Waals surface area contributed by atoms with Crippen LogP contribution in [0.15, 0.2) is 53.4 Å². The number of hydrogen-bond acceptors (Lipinski definition) is 6. The first-order valence-electron chi connectivity index (χ1n) is 10.0. The van der Waals surface area contributed by atoms with Crippen molar-refractivity contribution in [3.63, 3.8) is 0 Å². The molecule has 182 valence electrons. The number of rotatable bonds is 8. The topological polar surface area (TPSA) is 93.6 Å². The lowest BCUT2D eigenvalue weighted by atomic mass is 9.82. The third-order valence-electron chi connectivity index (χ3n) is 5.21. The Morgan fingerprint density at radius 2 is 1.59 bits per heavy atom. The second kappa shape index (κ2) is 9.47. The van der Waals surface area contributed by atoms with Gasteiger partial charge < -0.3 is 5.11 Å². The number of benzene rings is 2. The molecule has 6 nitrogen and oxygen atoms in total. The maximum atomic E-state index is 12.8. The quantitative estimate of drug-likeness (QED) is 0.383. The highest BCUT2D eigenvalue weighted by Crippen LogP contribution is 2.34. The molecule has 0 atom stereocenters. The van der Waals surface area contributed by atoms with E-state index in [1.165, 1.54) is 24.3 Å². The lowest BCUT2D eigenvalue weighted by Crippen LogP contribution is -2.21. The van der Waals surface area contributed by atoms with Gasteiger partial charge in [-0.05, 0) is 36.8 Å². The minimum atomic E-state index is -4.44. The van der Waals surface area contributed by atoms with Crippen LogP contribution in [-0.4, -0.2) is 24.5 Å². The van der Waals surface area contributed by atoms with Gasteiger partial charge in [-0.3, -0.25) is 8.98 Å². The Kier molecular flexibility index (Phi) is 7.20. The smallest absolute Gasteiger partial charge is 0.416 e. The molecule has 0 amide bonds. The van der Waals surface area contributed by atoms with Crippen LogP contribution in [0.3, 0.4) is 0 Å². The molecule has 1 aromatic heterocycles. The van der Waals surface area contributed by atoms with E-state index in [0.29, 0.717) is 26.7 Å². The van der Waals surface area contributed by atoms with E-state index < -0.39 is 33.2 Å². The Balaban J connectivity index is 1.73. The van der Waals surface area contributed by atoms with Crippen molar-refractivity contribution < 1.29 is 35.7 Å². The molecule has 0 saturated heterocycles. The molecule has 3 aromatic rings. The van der Waals surface area contributed by atoms with E-state index in [1.54, 1.807) is 32.9 Å². The third-order valence-corrected chi connectivity index (χ3v) is 7.67. The van der Waals surface area contributed by atoms with E-state index in [2.05, 4.69) is 4.98 Å². The number of carboxylic acid groups (broad SMARTS) is 1. The van der Waals surface area contributed by atoms with Gasteiger partial charge in [-0.1, -0.05) is 38.1 Å². The summed E-state index contributed by atoms with van der Waals surface area (Å²) in [7, 11) is -4.10. The molecule has 0 aliphatic carbocycles. The fraction of sp³-hybridized carbons (Fsp3) is 0.304. The van der Waals surface area contributed by atoms with Gasteiger partial charge >= 0.3 is 12.1 Å². The number of nitrogens with zero attached hydrogens (tertiary/aromatic N) is 1. The average Bonchev–Trinajstić information content (AvgIpc) is 3.12. The average molecular weight is 514 g/mol. The molecule has 0 aliphatic heterocycles. The van der Waals surface area contributed by atoms with Crippen molar-refractivity contribution >= 4 is 27.4 Å². The first kappa shape index (κ1) is 25.9. The van der Waals surface area contributed by atoms with E-state index in [1.807, 2.05) is 0 Å². The molecular formula is C23H22F3NO5S2. The predicted molar refractivity (Wildman–Crippen MR) is 121 cm³/mol. The second-order valence-electron chi connectivity index (χ2n) is 8.30. The minimum absolute atomic E-state index is 0.0764. The number of halogens is 3. The van der Waals surface area contributed by atoms with E-state index >= 15 is 0 Å². The number of carbonyl (C=O) groups is 1. The van der Waals surface area contributed by atoms with Gasteiger partial charge in [-0.25, -0.2) is 4.98 Å². The number of alkyl halides is 3. The molecule has 1 N–H and O–H groups in total. The Morgan fingerprint density at radius 3 is 2.12 bits per heavy atom. The number of thiazole rings is 1.